The Morgan fingerprint density at radius 3 is 2.92 bits per heavy atom. The minimum atomic E-state index is -0.293. The summed E-state index contributed by atoms with van der Waals surface area (Å²) in [5, 5.41) is 0. The highest BCUT2D eigenvalue weighted by Crippen LogP contribution is 2.04. The fourth-order valence-electron chi connectivity index (χ4n) is 1.07. The number of ether oxygens (including phenoxy) is 1. The number of Topliss-reactive ketones (excluding diaryl/α,β-unsaturated/α-hetero) is 1. The van der Waals surface area contributed by atoms with Crippen LogP contribution in [0.25, 0.3) is 0 Å². The molecule has 0 unspecified atom stereocenters. The Labute approximate surface area is 71.5 Å². The van der Waals surface area contributed by atoms with Crippen molar-refractivity contribution in [3.63, 3.8) is 0 Å². The van der Waals surface area contributed by atoms with Gasteiger partial charge in [0.15, 0.2) is 0 Å². The van der Waals surface area contributed by atoms with Gasteiger partial charge in [0, 0.05) is 19.4 Å². The summed E-state index contributed by atoms with van der Waals surface area (Å²) in [6.07, 6.45) is 0.702. The van der Waals surface area contributed by atoms with E-state index >= 15 is 0 Å². The predicted molar refractivity (Wildman–Crippen MR) is 42.8 cm³/mol. The largest absolute Gasteiger partial charge is 0.448 e. The number of hydrogen-bond donors (Lipinski definition) is 0. The average Bonchev–Trinajstić information content (AvgIpc) is 2.47. The first-order valence-electron chi connectivity index (χ1n) is 4.17. The number of nitrogens with zero attached hydrogens (tertiary/aromatic N) is 1. The molecular formula is C8H13NO3. The van der Waals surface area contributed by atoms with Gasteiger partial charge in [-0.2, -0.15) is 0 Å². The quantitative estimate of drug-likeness (QED) is 0.628. The first-order valence-corrected chi connectivity index (χ1v) is 4.17. The van der Waals surface area contributed by atoms with Crippen molar-refractivity contribution in [3.8, 4) is 0 Å². The molecule has 1 heterocycles. The number of hydrogen-bond acceptors (Lipinski definition) is 3. The SMILES string of the molecule is CCC(=O)CCN1CCOC1=O. The summed E-state index contributed by atoms with van der Waals surface area (Å²) in [5.41, 5.74) is 0. The second kappa shape index (κ2) is 4.09. The Kier molecular flexibility index (Phi) is 3.08. The van der Waals surface area contributed by atoms with Crippen molar-refractivity contribution in [2.45, 2.75) is 19.8 Å². The Balaban J connectivity index is 2.22. The third-order valence-corrected chi connectivity index (χ3v) is 1.90. The van der Waals surface area contributed by atoms with Crippen molar-refractivity contribution in [3.05, 3.63) is 0 Å². The molecule has 1 amide bonds. The van der Waals surface area contributed by atoms with E-state index in [1.54, 1.807) is 4.90 Å². The van der Waals surface area contributed by atoms with Gasteiger partial charge in [-0.15, -0.1) is 0 Å². The number of carbonyl (C=O) groups is 2. The number of ketones is 1. The van der Waals surface area contributed by atoms with Gasteiger partial charge in [-0.25, -0.2) is 4.79 Å². The van der Waals surface area contributed by atoms with Gasteiger partial charge in [-0.05, 0) is 0 Å². The molecule has 0 aliphatic carbocycles. The molecule has 0 aromatic carbocycles. The third kappa shape index (κ3) is 2.22. The molecule has 0 atom stereocenters. The molecule has 0 radical (unpaired) electrons. The van der Waals surface area contributed by atoms with E-state index in [1.165, 1.54) is 0 Å². The maximum absolute atomic E-state index is 10.9. The molecule has 0 spiro atoms. The molecule has 4 nitrogen and oxygen atoms in total. The highest BCUT2D eigenvalue weighted by molar-refractivity contribution is 5.79. The van der Waals surface area contributed by atoms with Crippen molar-refractivity contribution < 1.29 is 14.3 Å². The normalized spacial score (nSPS) is 16.4. The van der Waals surface area contributed by atoms with Gasteiger partial charge in [0.05, 0.1) is 6.54 Å². The van der Waals surface area contributed by atoms with Crippen LogP contribution in [0.15, 0.2) is 0 Å². The molecule has 12 heavy (non-hydrogen) atoms. The van der Waals surface area contributed by atoms with Crippen LogP contribution in [0.5, 0.6) is 0 Å². The first kappa shape index (κ1) is 9.03. The van der Waals surface area contributed by atoms with E-state index in [9.17, 15) is 9.59 Å². The maximum Gasteiger partial charge on any atom is 0.409 e. The number of carbonyl (C=O) groups excluding carboxylic acids is 2. The molecule has 0 bridgehead atoms. The Morgan fingerprint density at radius 1 is 1.67 bits per heavy atom. The van der Waals surface area contributed by atoms with E-state index in [0.29, 0.717) is 32.5 Å². The van der Waals surface area contributed by atoms with Crippen molar-refractivity contribution in [2.75, 3.05) is 19.7 Å². The summed E-state index contributed by atoms with van der Waals surface area (Å²) in [4.78, 5) is 23.3. The molecule has 0 aromatic heterocycles. The Morgan fingerprint density at radius 2 is 2.42 bits per heavy atom. The van der Waals surface area contributed by atoms with Crippen molar-refractivity contribution >= 4 is 11.9 Å². The number of amides is 1. The standard InChI is InChI=1S/C8H13NO3/c1-2-7(10)3-4-9-5-6-12-8(9)11/h2-6H2,1H3. The van der Waals surface area contributed by atoms with Crippen LogP contribution in [0, 0.1) is 0 Å². The molecule has 0 N–H and O–H groups in total. The van der Waals surface area contributed by atoms with Gasteiger partial charge in [0.2, 0.25) is 0 Å². The highest BCUT2D eigenvalue weighted by atomic mass is 16.6. The lowest BCUT2D eigenvalue weighted by Crippen LogP contribution is -2.26. The van der Waals surface area contributed by atoms with Crippen molar-refractivity contribution in [2.24, 2.45) is 0 Å². The van der Waals surface area contributed by atoms with Crippen LogP contribution in [0.4, 0.5) is 4.79 Å². The highest BCUT2D eigenvalue weighted by Gasteiger charge is 2.21. The van der Waals surface area contributed by atoms with Crippen LogP contribution in [-0.2, 0) is 9.53 Å². The second-order valence-electron chi connectivity index (χ2n) is 2.74. The van der Waals surface area contributed by atoms with Crippen molar-refractivity contribution in [1.29, 1.82) is 0 Å². The van der Waals surface area contributed by atoms with E-state index < -0.39 is 0 Å². The van der Waals surface area contributed by atoms with Crippen LogP contribution in [-0.4, -0.2) is 36.5 Å². The van der Waals surface area contributed by atoms with E-state index in [4.69, 9.17) is 4.74 Å². The van der Waals surface area contributed by atoms with E-state index in [1.807, 2.05) is 6.92 Å². The minimum absolute atomic E-state index is 0.190. The third-order valence-electron chi connectivity index (χ3n) is 1.90. The summed E-state index contributed by atoms with van der Waals surface area (Å²) in [6.45, 7) is 3.41. The van der Waals surface area contributed by atoms with Gasteiger partial charge in [-0.1, -0.05) is 6.92 Å². The molecule has 1 saturated heterocycles. The van der Waals surface area contributed by atoms with E-state index in [-0.39, 0.29) is 11.9 Å². The molecule has 1 aliphatic heterocycles. The second-order valence-corrected chi connectivity index (χ2v) is 2.74. The zero-order valence-corrected chi connectivity index (χ0v) is 7.21. The molecule has 68 valence electrons. The van der Waals surface area contributed by atoms with E-state index in [2.05, 4.69) is 0 Å². The summed E-state index contributed by atoms with van der Waals surface area (Å²) in [6, 6.07) is 0. The lowest BCUT2D eigenvalue weighted by Gasteiger charge is -2.10. The molecule has 0 saturated carbocycles. The van der Waals surface area contributed by atoms with Gasteiger partial charge < -0.3 is 9.64 Å². The molecule has 4 heteroatoms. The van der Waals surface area contributed by atoms with Crippen LogP contribution >= 0.6 is 0 Å². The molecular weight excluding hydrogens is 158 g/mol. The zero-order valence-electron chi connectivity index (χ0n) is 7.21. The fraction of sp³-hybridized carbons (Fsp3) is 0.750. The summed E-state index contributed by atoms with van der Waals surface area (Å²) < 4.78 is 4.71. The van der Waals surface area contributed by atoms with Gasteiger partial charge in [0.1, 0.15) is 12.4 Å². The monoisotopic (exact) mass is 171 g/mol. The van der Waals surface area contributed by atoms with Crippen molar-refractivity contribution in [1.82, 2.24) is 4.90 Å². The summed E-state index contributed by atoms with van der Waals surface area (Å²) in [7, 11) is 0. The van der Waals surface area contributed by atoms with Gasteiger partial charge in [0.25, 0.3) is 0 Å². The molecule has 1 aliphatic rings. The van der Waals surface area contributed by atoms with Crippen LogP contribution < -0.4 is 0 Å². The van der Waals surface area contributed by atoms with Gasteiger partial charge >= 0.3 is 6.09 Å². The maximum atomic E-state index is 10.9. The Bertz CT molecular complexity index is 191. The molecule has 0 aromatic rings. The summed E-state index contributed by atoms with van der Waals surface area (Å²) >= 11 is 0. The van der Waals surface area contributed by atoms with Crippen LogP contribution in [0.3, 0.4) is 0 Å². The first-order chi connectivity index (χ1) is 5.74. The number of cyclic esters (lactones) is 1. The van der Waals surface area contributed by atoms with Crippen LogP contribution in [0.1, 0.15) is 19.8 Å². The lowest BCUT2D eigenvalue weighted by atomic mass is 10.2. The fourth-order valence-corrected chi connectivity index (χ4v) is 1.07. The van der Waals surface area contributed by atoms with E-state index in [0.717, 1.165) is 0 Å². The Hall–Kier alpha value is -1.06. The smallest absolute Gasteiger partial charge is 0.409 e. The summed E-state index contributed by atoms with van der Waals surface area (Å²) in [5.74, 6) is 0.190. The lowest BCUT2D eigenvalue weighted by molar-refractivity contribution is -0.118. The molecule has 1 rings (SSSR count). The van der Waals surface area contributed by atoms with Crippen LogP contribution in [0.2, 0.25) is 0 Å². The topological polar surface area (TPSA) is 46.6 Å². The van der Waals surface area contributed by atoms with Gasteiger partial charge in [-0.3, -0.25) is 4.79 Å². The number of rotatable bonds is 4. The predicted octanol–water partition coefficient (Wildman–Crippen LogP) is 0.808. The average molecular weight is 171 g/mol. The molecule has 1 fully saturated rings. The zero-order chi connectivity index (χ0) is 8.97. The minimum Gasteiger partial charge on any atom is -0.448 e.